The molecule has 0 atom stereocenters. The summed E-state index contributed by atoms with van der Waals surface area (Å²) in [5, 5.41) is 5.84. The summed E-state index contributed by atoms with van der Waals surface area (Å²) in [6.45, 7) is 4.08. The lowest BCUT2D eigenvalue weighted by atomic mass is 10.4. The molecular weight excluding hydrogens is 386 g/mol. The van der Waals surface area contributed by atoms with Crippen LogP contribution in [0.4, 0.5) is 13.2 Å². The van der Waals surface area contributed by atoms with Crippen molar-refractivity contribution in [2.24, 2.45) is 10.9 Å². The highest BCUT2D eigenvalue weighted by Crippen LogP contribution is 2.28. The summed E-state index contributed by atoms with van der Waals surface area (Å²) in [5.74, 6) is 1.12. The Morgan fingerprint density at radius 1 is 1.30 bits per heavy atom. The summed E-state index contributed by atoms with van der Waals surface area (Å²) in [4.78, 5) is 3.86. The van der Waals surface area contributed by atoms with Gasteiger partial charge in [0.25, 0.3) is 0 Å². The maximum Gasteiger partial charge on any atom is 0.390 e. The fourth-order valence-electron chi connectivity index (χ4n) is 1.41. The fraction of sp³-hybridized carbons (Fsp3) is 0.917. The SMILES string of the molecule is CCNC(=NCCC(F)(F)F)NCCOCC1CC1.I. The lowest BCUT2D eigenvalue weighted by molar-refractivity contribution is -0.132. The molecule has 1 aliphatic rings. The second-order valence-electron chi connectivity index (χ2n) is 4.57. The molecule has 0 heterocycles. The Balaban J connectivity index is 0.00000361. The number of halogens is 4. The first-order valence-electron chi connectivity index (χ1n) is 6.68. The Morgan fingerprint density at radius 3 is 2.55 bits per heavy atom. The van der Waals surface area contributed by atoms with Crippen molar-refractivity contribution in [2.45, 2.75) is 32.4 Å². The van der Waals surface area contributed by atoms with E-state index in [0.717, 1.165) is 6.61 Å². The van der Waals surface area contributed by atoms with Crippen LogP contribution in [0.15, 0.2) is 4.99 Å². The van der Waals surface area contributed by atoms with E-state index in [4.69, 9.17) is 4.74 Å². The fourth-order valence-corrected chi connectivity index (χ4v) is 1.41. The van der Waals surface area contributed by atoms with E-state index in [1.807, 2.05) is 6.92 Å². The molecule has 0 amide bonds. The molecule has 0 aromatic rings. The molecule has 1 rings (SSSR count). The maximum absolute atomic E-state index is 12.0. The van der Waals surface area contributed by atoms with Gasteiger partial charge in [0.2, 0.25) is 0 Å². The van der Waals surface area contributed by atoms with Gasteiger partial charge in [0.1, 0.15) is 0 Å². The second-order valence-corrected chi connectivity index (χ2v) is 4.57. The first kappa shape index (κ1) is 19.8. The zero-order chi connectivity index (χ0) is 14.1. The molecule has 120 valence electrons. The third-order valence-corrected chi connectivity index (χ3v) is 2.60. The highest BCUT2D eigenvalue weighted by atomic mass is 127. The second kappa shape index (κ2) is 10.5. The minimum atomic E-state index is -4.16. The van der Waals surface area contributed by atoms with Crippen LogP contribution in [0, 0.1) is 5.92 Å². The number of hydrogen-bond donors (Lipinski definition) is 2. The van der Waals surface area contributed by atoms with Gasteiger partial charge in [0.05, 0.1) is 19.6 Å². The van der Waals surface area contributed by atoms with E-state index in [1.165, 1.54) is 12.8 Å². The van der Waals surface area contributed by atoms with Crippen LogP contribution in [0.2, 0.25) is 0 Å². The predicted octanol–water partition coefficient (Wildman–Crippen LogP) is 2.54. The highest BCUT2D eigenvalue weighted by Gasteiger charge is 2.26. The van der Waals surface area contributed by atoms with Gasteiger partial charge in [-0.25, -0.2) is 0 Å². The summed E-state index contributed by atoms with van der Waals surface area (Å²) >= 11 is 0. The molecule has 0 radical (unpaired) electrons. The summed E-state index contributed by atoms with van der Waals surface area (Å²) < 4.78 is 41.4. The molecule has 0 saturated heterocycles. The van der Waals surface area contributed by atoms with E-state index in [-0.39, 0.29) is 30.5 Å². The minimum Gasteiger partial charge on any atom is -0.379 e. The van der Waals surface area contributed by atoms with Crippen molar-refractivity contribution in [3.05, 3.63) is 0 Å². The van der Waals surface area contributed by atoms with Crippen LogP contribution in [-0.2, 0) is 4.74 Å². The molecule has 1 saturated carbocycles. The summed E-state index contributed by atoms with van der Waals surface area (Å²) in [6.07, 6.45) is -2.57. The van der Waals surface area contributed by atoms with Gasteiger partial charge >= 0.3 is 6.18 Å². The Labute approximate surface area is 134 Å². The van der Waals surface area contributed by atoms with Gasteiger partial charge in [-0.15, -0.1) is 24.0 Å². The van der Waals surface area contributed by atoms with Gasteiger partial charge in [0, 0.05) is 19.7 Å². The molecule has 2 N–H and O–H groups in total. The van der Waals surface area contributed by atoms with Crippen molar-refractivity contribution in [1.82, 2.24) is 10.6 Å². The molecule has 4 nitrogen and oxygen atoms in total. The van der Waals surface area contributed by atoms with Gasteiger partial charge in [-0.05, 0) is 25.7 Å². The van der Waals surface area contributed by atoms with Gasteiger partial charge in [-0.2, -0.15) is 13.2 Å². The van der Waals surface area contributed by atoms with Crippen LogP contribution < -0.4 is 10.6 Å². The third-order valence-electron chi connectivity index (χ3n) is 2.60. The number of guanidine groups is 1. The van der Waals surface area contributed by atoms with E-state index in [0.29, 0.717) is 31.6 Å². The Hall–Kier alpha value is -0.250. The van der Waals surface area contributed by atoms with Gasteiger partial charge in [-0.1, -0.05) is 0 Å². The topological polar surface area (TPSA) is 45.7 Å². The largest absolute Gasteiger partial charge is 0.390 e. The molecule has 0 aliphatic heterocycles. The molecule has 0 aromatic heterocycles. The van der Waals surface area contributed by atoms with E-state index in [2.05, 4.69) is 15.6 Å². The van der Waals surface area contributed by atoms with Crippen LogP contribution >= 0.6 is 24.0 Å². The van der Waals surface area contributed by atoms with Gasteiger partial charge < -0.3 is 15.4 Å². The van der Waals surface area contributed by atoms with Gasteiger partial charge in [-0.3, -0.25) is 4.99 Å². The molecule has 0 bridgehead atoms. The van der Waals surface area contributed by atoms with Crippen molar-refractivity contribution < 1.29 is 17.9 Å². The molecule has 20 heavy (non-hydrogen) atoms. The van der Waals surface area contributed by atoms with Crippen molar-refractivity contribution in [3.8, 4) is 0 Å². The van der Waals surface area contributed by atoms with Gasteiger partial charge in [0.15, 0.2) is 5.96 Å². The number of rotatable bonds is 8. The van der Waals surface area contributed by atoms with Crippen molar-refractivity contribution in [1.29, 1.82) is 0 Å². The highest BCUT2D eigenvalue weighted by molar-refractivity contribution is 14.0. The number of aliphatic imine (C=N–C) groups is 1. The predicted molar refractivity (Wildman–Crippen MR) is 83.6 cm³/mol. The zero-order valence-electron chi connectivity index (χ0n) is 11.6. The lowest BCUT2D eigenvalue weighted by Crippen LogP contribution is -2.39. The molecule has 1 fully saturated rings. The lowest BCUT2D eigenvalue weighted by Gasteiger charge is -2.11. The standard InChI is InChI=1S/C12H22F3N3O.HI/c1-2-16-11(17-6-5-12(13,14)15)18-7-8-19-9-10-3-4-10;/h10H,2-9H2,1H3,(H2,16,17,18);1H. The Kier molecular flexibility index (Phi) is 10.3. The molecule has 0 aromatic carbocycles. The minimum absolute atomic E-state index is 0. The molecule has 0 spiro atoms. The third kappa shape index (κ3) is 11.6. The maximum atomic E-state index is 12.0. The average molecular weight is 409 g/mol. The van der Waals surface area contributed by atoms with Crippen LogP contribution in [-0.4, -0.2) is 45.0 Å². The van der Waals surface area contributed by atoms with Crippen molar-refractivity contribution in [2.75, 3.05) is 32.8 Å². The van der Waals surface area contributed by atoms with E-state index >= 15 is 0 Å². The van der Waals surface area contributed by atoms with Crippen LogP contribution in [0.5, 0.6) is 0 Å². The van der Waals surface area contributed by atoms with Crippen LogP contribution in [0.1, 0.15) is 26.2 Å². The number of ether oxygens (including phenoxy) is 1. The first-order valence-corrected chi connectivity index (χ1v) is 6.68. The number of hydrogen-bond acceptors (Lipinski definition) is 2. The Morgan fingerprint density at radius 2 is 2.00 bits per heavy atom. The molecular formula is C12H23F3IN3O. The van der Waals surface area contributed by atoms with E-state index in [9.17, 15) is 13.2 Å². The zero-order valence-corrected chi connectivity index (χ0v) is 14.0. The van der Waals surface area contributed by atoms with Crippen LogP contribution in [0.25, 0.3) is 0 Å². The number of nitrogens with zero attached hydrogens (tertiary/aromatic N) is 1. The van der Waals surface area contributed by atoms with Crippen molar-refractivity contribution >= 4 is 29.9 Å². The summed E-state index contributed by atoms with van der Waals surface area (Å²) in [5.41, 5.74) is 0. The van der Waals surface area contributed by atoms with Crippen molar-refractivity contribution in [3.63, 3.8) is 0 Å². The summed E-state index contributed by atoms with van der Waals surface area (Å²) in [6, 6.07) is 0. The Bertz CT molecular complexity index is 284. The number of nitrogens with one attached hydrogen (secondary N) is 2. The number of alkyl halides is 3. The van der Waals surface area contributed by atoms with Crippen LogP contribution in [0.3, 0.4) is 0 Å². The quantitative estimate of drug-likeness (QED) is 0.280. The summed E-state index contributed by atoms with van der Waals surface area (Å²) in [7, 11) is 0. The first-order chi connectivity index (χ1) is 9.01. The van der Waals surface area contributed by atoms with E-state index < -0.39 is 12.6 Å². The normalized spacial score (nSPS) is 15.7. The smallest absolute Gasteiger partial charge is 0.379 e. The monoisotopic (exact) mass is 409 g/mol. The molecule has 8 heteroatoms. The molecule has 1 aliphatic carbocycles. The average Bonchev–Trinajstić information content (AvgIpc) is 3.11. The van der Waals surface area contributed by atoms with E-state index in [1.54, 1.807) is 0 Å². The molecule has 0 unspecified atom stereocenters.